The number of fused-ring (bicyclic) bond motifs is 1. The van der Waals surface area contributed by atoms with Crippen molar-refractivity contribution in [1.29, 1.82) is 0 Å². The fraction of sp³-hybridized carbons (Fsp3) is 0.375. The molecule has 0 saturated carbocycles. The van der Waals surface area contributed by atoms with E-state index >= 15 is 0 Å². The monoisotopic (exact) mass is 357 g/mol. The maximum Gasteiger partial charge on any atom is 0.410 e. The summed E-state index contributed by atoms with van der Waals surface area (Å²) in [5, 5.41) is 6.68. The Morgan fingerprint density at radius 1 is 1.36 bits per heavy atom. The van der Waals surface area contributed by atoms with Crippen LogP contribution in [0.1, 0.15) is 41.5 Å². The Hall–Kier alpha value is -2.58. The van der Waals surface area contributed by atoms with Crippen LogP contribution in [0.25, 0.3) is 0 Å². The van der Waals surface area contributed by atoms with E-state index in [-0.39, 0.29) is 24.5 Å². The van der Waals surface area contributed by atoms with Gasteiger partial charge >= 0.3 is 12.1 Å². The second kappa shape index (κ2) is 6.38. The van der Waals surface area contributed by atoms with Crippen molar-refractivity contribution in [2.45, 2.75) is 31.6 Å². The molecule has 2 unspecified atom stereocenters. The lowest BCUT2D eigenvalue weighted by molar-refractivity contribution is -0.173. The maximum absolute atomic E-state index is 13.5. The average Bonchev–Trinajstić information content (AvgIpc) is 2.98. The van der Waals surface area contributed by atoms with Crippen LogP contribution in [0.5, 0.6) is 0 Å². The van der Waals surface area contributed by atoms with Crippen molar-refractivity contribution >= 4 is 11.8 Å². The van der Waals surface area contributed by atoms with Crippen LogP contribution in [0.4, 0.5) is 23.4 Å². The second-order valence-electron chi connectivity index (χ2n) is 5.62. The molecule has 0 fully saturated rings. The number of nitrogens with one attached hydrogen (secondary N) is 1. The highest BCUT2D eigenvalue weighted by Gasteiger charge is 2.46. The Labute approximate surface area is 140 Å². The number of rotatable bonds is 3. The predicted molar refractivity (Wildman–Crippen MR) is 80.7 cm³/mol. The Balaban J connectivity index is 1.97. The van der Waals surface area contributed by atoms with E-state index < -0.39 is 30.0 Å². The number of esters is 1. The van der Waals surface area contributed by atoms with E-state index in [4.69, 9.17) is 4.74 Å². The fourth-order valence-electron chi connectivity index (χ4n) is 2.79. The molecule has 9 heteroatoms. The van der Waals surface area contributed by atoms with Crippen molar-refractivity contribution in [1.82, 2.24) is 9.78 Å². The zero-order valence-corrected chi connectivity index (χ0v) is 13.2. The van der Waals surface area contributed by atoms with Crippen molar-refractivity contribution in [3.8, 4) is 0 Å². The number of ether oxygens (including phenoxy) is 1. The molecule has 1 aromatic heterocycles. The van der Waals surface area contributed by atoms with Gasteiger partial charge in [-0.25, -0.2) is 13.9 Å². The van der Waals surface area contributed by atoms with Crippen LogP contribution in [-0.2, 0) is 4.74 Å². The molecule has 2 atom stereocenters. The summed E-state index contributed by atoms with van der Waals surface area (Å²) in [4.78, 5) is 11.8. The first-order chi connectivity index (χ1) is 11.8. The van der Waals surface area contributed by atoms with Crippen molar-refractivity contribution in [2.24, 2.45) is 0 Å². The van der Waals surface area contributed by atoms with Crippen LogP contribution < -0.4 is 5.32 Å². The summed E-state index contributed by atoms with van der Waals surface area (Å²) in [7, 11) is 0. The smallest absolute Gasteiger partial charge is 0.410 e. The minimum Gasteiger partial charge on any atom is -0.461 e. The molecule has 1 aliphatic heterocycles. The SMILES string of the molecule is CCOC(=O)c1cc2n(n1)C(C(F)(F)F)CC(c1ccc(F)cc1)N2. The molecule has 0 aliphatic carbocycles. The number of anilines is 1. The molecule has 1 aliphatic rings. The molecular weight excluding hydrogens is 342 g/mol. The summed E-state index contributed by atoms with van der Waals surface area (Å²) >= 11 is 0. The Kier molecular flexibility index (Phi) is 4.40. The summed E-state index contributed by atoms with van der Waals surface area (Å²) < 4.78 is 59.0. The third kappa shape index (κ3) is 3.45. The number of hydrogen-bond donors (Lipinski definition) is 1. The first kappa shape index (κ1) is 17.2. The zero-order valence-electron chi connectivity index (χ0n) is 13.2. The van der Waals surface area contributed by atoms with Crippen LogP contribution in [-0.4, -0.2) is 28.5 Å². The standard InChI is InChI=1S/C16H15F4N3O2/c1-2-25-15(24)12-8-14-21-11(9-3-5-10(17)6-4-9)7-13(16(18,19)20)23(14)22-12/h3-6,8,11,13,21H,2,7H2,1H3. The highest BCUT2D eigenvalue weighted by atomic mass is 19.4. The summed E-state index contributed by atoms with van der Waals surface area (Å²) in [5.41, 5.74) is 0.319. The molecular formula is C16H15F4N3O2. The van der Waals surface area contributed by atoms with Crippen LogP contribution in [0.2, 0.25) is 0 Å². The summed E-state index contributed by atoms with van der Waals surface area (Å²) in [6.07, 6.45) is -4.88. The van der Waals surface area contributed by atoms with Crippen molar-refractivity contribution in [3.63, 3.8) is 0 Å². The van der Waals surface area contributed by atoms with Crippen molar-refractivity contribution in [3.05, 3.63) is 47.4 Å². The minimum atomic E-state index is -4.55. The molecule has 0 amide bonds. The molecule has 1 aromatic carbocycles. The first-order valence-corrected chi connectivity index (χ1v) is 7.65. The molecule has 0 saturated heterocycles. The van der Waals surface area contributed by atoms with E-state index in [1.54, 1.807) is 6.92 Å². The van der Waals surface area contributed by atoms with E-state index in [2.05, 4.69) is 10.4 Å². The Morgan fingerprint density at radius 2 is 2.04 bits per heavy atom. The van der Waals surface area contributed by atoms with Gasteiger partial charge in [0.15, 0.2) is 11.7 Å². The fourth-order valence-corrected chi connectivity index (χ4v) is 2.79. The summed E-state index contributed by atoms with van der Waals surface area (Å²) in [5.74, 6) is -1.20. The number of alkyl halides is 3. The molecule has 0 bridgehead atoms. The molecule has 2 aromatic rings. The highest BCUT2D eigenvalue weighted by Crippen LogP contribution is 2.43. The van der Waals surface area contributed by atoms with Crippen LogP contribution in [0.15, 0.2) is 30.3 Å². The number of carbonyl (C=O) groups is 1. The van der Waals surface area contributed by atoms with Crippen LogP contribution in [0, 0.1) is 5.82 Å². The minimum absolute atomic E-state index is 0.0611. The van der Waals surface area contributed by atoms with Gasteiger partial charge in [0.25, 0.3) is 0 Å². The van der Waals surface area contributed by atoms with Gasteiger partial charge in [-0.05, 0) is 24.6 Å². The van der Waals surface area contributed by atoms with Gasteiger partial charge in [-0.1, -0.05) is 12.1 Å². The molecule has 5 nitrogen and oxygen atoms in total. The maximum atomic E-state index is 13.5. The van der Waals surface area contributed by atoms with Gasteiger partial charge in [0.1, 0.15) is 11.6 Å². The lowest BCUT2D eigenvalue weighted by atomic mass is 9.97. The van der Waals surface area contributed by atoms with Gasteiger partial charge in [0.05, 0.1) is 12.6 Å². The zero-order chi connectivity index (χ0) is 18.2. The van der Waals surface area contributed by atoms with E-state index in [0.717, 1.165) is 4.68 Å². The normalized spacial score (nSPS) is 19.9. The molecule has 2 heterocycles. The van der Waals surface area contributed by atoms with Crippen molar-refractivity contribution in [2.75, 3.05) is 11.9 Å². The van der Waals surface area contributed by atoms with Gasteiger partial charge in [0, 0.05) is 12.5 Å². The lowest BCUT2D eigenvalue weighted by Crippen LogP contribution is -2.35. The predicted octanol–water partition coefficient (Wildman–Crippen LogP) is 3.86. The quantitative estimate of drug-likeness (QED) is 0.670. The Bertz CT molecular complexity index is 771. The number of carbonyl (C=O) groups excluding carboxylic acids is 1. The number of nitrogens with zero attached hydrogens (tertiary/aromatic N) is 2. The number of halogens is 4. The van der Waals surface area contributed by atoms with Crippen LogP contribution in [0.3, 0.4) is 0 Å². The average molecular weight is 357 g/mol. The van der Waals surface area contributed by atoms with E-state index in [0.29, 0.717) is 5.56 Å². The molecule has 25 heavy (non-hydrogen) atoms. The van der Waals surface area contributed by atoms with Gasteiger partial charge < -0.3 is 10.1 Å². The summed E-state index contributed by atoms with van der Waals surface area (Å²) in [6, 6.07) is 3.88. The molecule has 0 radical (unpaired) electrons. The molecule has 1 N–H and O–H groups in total. The third-order valence-electron chi connectivity index (χ3n) is 3.95. The number of hydrogen-bond acceptors (Lipinski definition) is 4. The number of aromatic nitrogens is 2. The van der Waals surface area contributed by atoms with Gasteiger partial charge in [0.2, 0.25) is 0 Å². The molecule has 3 rings (SSSR count). The van der Waals surface area contributed by atoms with Crippen LogP contribution >= 0.6 is 0 Å². The van der Waals surface area contributed by atoms with Gasteiger partial charge in [-0.2, -0.15) is 18.3 Å². The largest absolute Gasteiger partial charge is 0.461 e. The van der Waals surface area contributed by atoms with Gasteiger partial charge in [-0.15, -0.1) is 0 Å². The lowest BCUT2D eigenvalue weighted by Gasteiger charge is -2.33. The third-order valence-corrected chi connectivity index (χ3v) is 3.95. The number of benzene rings is 1. The first-order valence-electron chi connectivity index (χ1n) is 7.65. The highest BCUT2D eigenvalue weighted by molar-refractivity contribution is 5.88. The summed E-state index contributed by atoms with van der Waals surface area (Å²) in [6.45, 7) is 1.69. The van der Waals surface area contributed by atoms with Gasteiger partial charge in [-0.3, -0.25) is 0 Å². The Morgan fingerprint density at radius 3 is 2.64 bits per heavy atom. The van der Waals surface area contributed by atoms with E-state index in [1.807, 2.05) is 0 Å². The van der Waals surface area contributed by atoms with E-state index in [1.165, 1.54) is 30.3 Å². The molecule has 0 spiro atoms. The van der Waals surface area contributed by atoms with Crippen molar-refractivity contribution < 1.29 is 27.1 Å². The van der Waals surface area contributed by atoms with E-state index in [9.17, 15) is 22.4 Å². The second-order valence-corrected chi connectivity index (χ2v) is 5.62. The molecule has 134 valence electrons. The topological polar surface area (TPSA) is 56.2 Å².